The summed E-state index contributed by atoms with van der Waals surface area (Å²) in [5, 5.41) is 0. The van der Waals surface area contributed by atoms with Crippen molar-refractivity contribution >= 4 is 0 Å². The third-order valence-electron chi connectivity index (χ3n) is 6.50. The van der Waals surface area contributed by atoms with E-state index in [0.29, 0.717) is 29.9 Å². The fraction of sp³-hybridized carbons (Fsp3) is 0.727. The molecule has 1 fully saturated rings. The number of fused-ring (bicyclic) bond motifs is 1. The van der Waals surface area contributed by atoms with Crippen molar-refractivity contribution in [2.75, 3.05) is 0 Å². The van der Waals surface area contributed by atoms with Gasteiger partial charge in [-0.1, -0.05) is 64.7 Å². The van der Waals surface area contributed by atoms with E-state index in [1.165, 1.54) is 57.4 Å². The van der Waals surface area contributed by atoms with Crippen LogP contribution in [0.2, 0.25) is 0 Å². The van der Waals surface area contributed by atoms with Crippen LogP contribution in [0, 0.1) is 35.2 Å². The Kier molecular flexibility index (Phi) is 6.46. The number of hydrogen-bond donors (Lipinski definition) is 0. The minimum absolute atomic E-state index is 0.353. The summed E-state index contributed by atoms with van der Waals surface area (Å²) in [7, 11) is 0. The summed E-state index contributed by atoms with van der Waals surface area (Å²) in [6, 6.07) is 1.20. The molecule has 2 aliphatic rings. The maximum absolute atomic E-state index is 13.8. The zero-order valence-corrected chi connectivity index (χ0v) is 15.4. The Balaban J connectivity index is 1.36. The van der Waals surface area contributed by atoms with Crippen LogP contribution in [0.1, 0.15) is 82.3 Å². The third kappa shape index (κ3) is 4.60. The van der Waals surface area contributed by atoms with Gasteiger partial charge in [0.05, 0.1) is 0 Å². The standard InChI is InChI=1S/C22H31F3/c1-2-5-15-8-10-16(11-9-15)6-3-4-7-17-12-18-14-20(23)22(25)21(24)19(18)13-17/h14-17H,2-13H2,1H3. The summed E-state index contributed by atoms with van der Waals surface area (Å²) >= 11 is 0. The molecule has 25 heavy (non-hydrogen) atoms. The lowest BCUT2D eigenvalue weighted by Crippen LogP contribution is -2.14. The van der Waals surface area contributed by atoms with E-state index < -0.39 is 17.5 Å². The second kappa shape index (κ2) is 8.60. The third-order valence-corrected chi connectivity index (χ3v) is 6.50. The van der Waals surface area contributed by atoms with Crippen molar-refractivity contribution in [1.82, 2.24) is 0 Å². The molecular weight excluding hydrogens is 321 g/mol. The molecular formula is C22H31F3. The van der Waals surface area contributed by atoms with Crippen molar-refractivity contribution < 1.29 is 13.2 Å². The first kappa shape index (κ1) is 18.8. The van der Waals surface area contributed by atoms with Gasteiger partial charge in [-0.2, -0.15) is 0 Å². The maximum Gasteiger partial charge on any atom is 0.194 e. The molecule has 2 aliphatic carbocycles. The van der Waals surface area contributed by atoms with Crippen LogP contribution < -0.4 is 0 Å². The monoisotopic (exact) mass is 352 g/mol. The van der Waals surface area contributed by atoms with Gasteiger partial charge in [-0.3, -0.25) is 0 Å². The molecule has 0 bridgehead atoms. The summed E-state index contributed by atoms with van der Waals surface area (Å²) in [4.78, 5) is 0. The number of unbranched alkanes of at least 4 members (excludes halogenated alkanes) is 1. The second-order valence-corrected chi connectivity index (χ2v) is 8.36. The molecule has 0 heterocycles. The van der Waals surface area contributed by atoms with E-state index in [9.17, 15) is 13.2 Å². The average Bonchev–Trinajstić information content (AvgIpc) is 3.01. The summed E-state index contributed by atoms with van der Waals surface area (Å²) in [6.07, 6.45) is 14.3. The Bertz CT molecular complexity index is 573. The zero-order chi connectivity index (χ0) is 17.8. The lowest BCUT2D eigenvalue weighted by Gasteiger charge is -2.28. The van der Waals surface area contributed by atoms with Crippen LogP contribution in [0.25, 0.3) is 0 Å². The van der Waals surface area contributed by atoms with Crippen LogP contribution in [0.5, 0.6) is 0 Å². The van der Waals surface area contributed by atoms with Gasteiger partial charge < -0.3 is 0 Å². The first-order valence-electron chi connectivity index (χ1n) is 10.2. The van der Waals surface area contributed by atoms with Crippen LogP contribution in [-0.2, 0) is 12.8 Å². The molecule has 1 saturated carbocycles. The quantitative estimate of drug-likeness (QED) is 0.366. The van der Waals surface area contributed by atoms with Gasteiger partial charge in [0.15, 0.2) is 17.5 Å². The predicted molar refractivity (Wildman–Crippen MR) is 96.0 cm³/mol. The van der Waals surface area contributed by atoms with Crippen molar-refractivity contribution in [3.8, 4) is 0 Å². The van der Waals surface area contributed by atoms with E-state index in [1.54, 1.807) is 0 Å². The summed E-state index contributed by atoms with van der Waals surface area (Å²) in [5.41, 5.74) is 1.09. The highest BCUT2D eigenvalue weighted by molar-refractivity contribution is 5.35. The van der Waals surface area contributed by atoms with E-state index in [-0.39, 0.29) is 0 Å². The van der Waals surface area contributed by atoms with Crippen LogP contribution in [-0.4, -0.2) is 0 Å². The van der Waals surface area contributed by atoms with Gasteiger partial charge in [-0.15, -0.1) is 0 Å². The molecule has 0 aliphatic heterocycles. The molecule has 0 aromatic heterocycles. The minimum atomic E-state index is -1.31. The van der Waals surface area contributed by atoms with Gasteiger partial charge >= 0.3 is 0 Å². The number of benzene rings is 1. The fourth-order valence-electron chi connectivity index (χ4n) is 5.04. The van der Waals surface area contributed by atoms with Gasteiger partial charge in [-0.25, -0.2) is 13.2 Å². The Morgan fingerprint density at radius 1 is 0.800 bits per heavy atom. The highest BCUT2D eigenvalue weighted by atomic mass is 19.2. The van der Waals surface area contributed by atoms with Crippen LogP contribution >= 0.6 is 0 Å². The van der Waals surface area contributed by atoms with Gasteiger partial charge in [0.2, 0.25) is 0 Å². The number of rotatable bonds is 7. The van der Waals surface area contributed by atoms with E-state index in [1.807, 2.05) is 0 Å². The van der Waals surface area contributed by atoms with Crippen molar-refractivity contribution in [2.45, 2.75) is 84.0 Å². The zero-order valence-electron chi connectivity index (χ0n) is 15.4. The smallest absolute Gasteiger partial charge is 0.194 e. The normalized spacial score (nSPS) is 26.0. The van der Waals surface area contributed by atoms with Crippen molar-refractivity contribution in [1.29, 1.82) is 0 Å². The molecule has 3 heteroatoms. The molecule has 0 saturated heterocycles. The van der Waals surface area contributed by atoms with Gasteiger partial charge in [0.25, 0.3) is 0 Å². The fourth-order valence-corrected chi connectivity index (χ4v) is 5.04. The van der Waals surface area contributed by atoms with Crippen molar-refractivity contribution in [3.63, 3.8) is 0 Å². The number of halogens is 3. The Labute approximate surface area is 150 Å². The predicted octanol–water partition coefficient (Wildman–Crippen LogP) is 6.99. The molecule has 0 nitrogen and oxygen atoms in total. The largest absolute Gasteiger partial charge is 0.204 e. The van der Waals surface area contributed by atoms with E-state index in [4.69, 9.17) is 0 Å². The SMILES string of the molecule is CCCC1CCC(CCCCC2Cc3cc(F)c(F)c(F)c3C2)CC1. The van der Waals surface area contributed by atoms with Gasteiger partial charge in [0, 0.05) is 0 Å². The first-order chi connectivity index (χ1) is 12.1. The van der Waals surface area contributed by atoms with E-state index >= 15 is 0 Å². The minimum Gasteiger partial charge on any atom is -0.204 e. The van der Waals surface area contributed by atoms with Crippen LogP contribution in [0.3, 0.4) is 0 Å². The molecule has 1 aromatic rings. The van der Waals surface area contributed by atoms with Crippen molar-refractivity contribution in [2.24, 2.45) is 17.8 Å². The summed E-state index contributed by atoms with van der Waals surface area (Å²) in [5.74, 6) is -1.09. The van der Waals surface area contributed by atoms with E-state index in [0.717, 1.165) is 24.7 Å². The summed E-state index contributed by atoms with van der Waals surface area (Å²) in [6.45, 7) is 2.28. The molecule has 1 aromatic carbocycles. The molecule has 140 valence electrons. The molecule has 1 unspecified atom stereocenters. The first-order valence-corrected chi connectivity index (χ1v) is 10.2. The molecule has 3 rings (SSSR count). The Hall–Kier alpha value is -0.990. The Morgan fingerprint density at radius 3 is 2.04 bits per heavy atom. The molecule has 0 radical (unpaired) electrons. The maximum atomic E-state index is 13.8. The molecule has 1 atom stereocenters. The Morgan fingerprint density at radius 2 is 1.40 bits per heavy atom. The second-order valence-electron chi connectivity index (χ2n) is 8.36. The lowest BCUT2D eigenvalue weighted by atomic mass is 9.78. The van der Waals surface area contributed by atoms with Crippen LogP contribution in [0.15, 0.2) is 6.07 Å². The average molecular weight is 352 g/mol. The number of hydrogen-bond acceptors (Lipinski definition) is 0. The van der Waals surface area contributed by atoms with E-state index in [2.05, 4.69) is 6.92 Å². The molecule has 0 spiro atoms. The van der Waals surface area contributed by atoms with Gasteiger partial charge in [0.1, 0.15) is 0 Å². The molecule has 0 amide bonds. The topological polar surface area (TPSA) is 0 Å². The van der Waals surface area contributed by atoms with Gasteiger partial charge in [-0.05, 0) is 54.2 Å². The summed E-state index contributed by atoms with van der Waals surface area (Å²) < 4.78 is 40.5. The highest BCUT2D eigenvalue weighted by Gasteiger charge is 2.28. The van der Waals surface area contributed by atoms with Crippen molar-refractivity contribution in [3.05, 3.63) is 34.6 Å². The lowest BCUT2D eigenvalue weighted by molar-refractivity contribution is 0.246. The molecule has 0 N–H and O–H groups in total. The highest BCUT2D eigenvalue weighted by Crippen LogP contribution is 2.36. The van der Waals surface area contributed by atoms with Crippen LogP contribution in [0.4, 0.5) is 13.2 Å².